The van der Waals surface area contributed by atoms with Crippen molar-refractivity contribution >= 4 is 11.8 Å². The van der Waals surface area contributed by atoms with Crippen molar-refractivity contribution in [3.63, 3.8) is 0 Å². The first-order valence-electron chi connectivity index (χ1n) is 11.2. The van der Waals surface area contributed by atoms with Gasteiger partial charge in [0.1, 0.15) is 11.6 Å². The van der Waals surface area contributed by atoms with E-state index in [1.807, 2.05) is 12.3 Å². The second kappa shape index (κ2) is 11.6. The molecule has 0 aliphatic carbocycles. The van der Waals surface area contributed by atoms with Crippen molar-refractivity contribution in [2.24, 2.45) is 4.99 Å². The fourth-order valence-corrected chi connectivity index (χ4v) is 3.89. The maximum atomic E-state index is 5.72. The summed E-state index contributed by atoms with van der Waals surface area (Å²) in [7, 11) is 0. The molecule has 0 spiro atoms. The number of guanidine groups is 1. The van der Waals surface area contributed by atoms with Crippen LogP contribution in [0, 0.1) is 0 Å². The summed E-state index contributed by atoms with van der Waals surface area (Å²) in [5.41, 5.74) is 1.10. The minimum atomic E-state index is 0.223. The Labute approximate surface area is 180 Å². The Morgan fingerprint density at radius 3 is 2.57 bits per heavy atom. The summed E-state index contributed by atoms with van der Waals surface area (Å²) in [4.78, 5) is 14.1. The smallest absolute Gasteiger partial charge is 0.191 e. The van der Waals surface area contributed by atoms with Crippen LogP contribution in [0.15, 0.2) is 46.1 Å². The van der Waals surface area contributed by atoms with Gasteiger partial charge in [-0.05, 0) is 70.5 Å². The third-order valence-electron chi connectivity index (χ3n) is 5.58. The van der Waals surface area contributed by atoms with E-state index in [2.05, 4.69) is 64.4 Å². The van der Waals surface area contributed by atoms with Crippen LogP contribution in [0.2, 0.25) is 0 Å². The molecule has 3 heterocycles. The van der Waals surface area contributed by atoms with Gasteiger partial charge in [0.2, 0.25) is 0 Å². The number of hydrogen-bond donors (Lipinski definition) is 2. The summed E-state index contributed by atoms with van der Waals surface area (Å²) in [6.07, 6.45) is 6.19. The SMILES string of the molecule is CCNC(=NCc1ccc(N(CC)CC)nc1)NCC(c1ccco1)N1CCCC1. The summed E-state index contributed by atoms with van der Waals surface area (Å²) in [5, 5.41) is 6.87. The highest BCUT2D eigenvalue weighted by atomic mass is 16.3. The van der Waals surface area contributed by atoms with Crippen LogP contribution in [-0.2, 0) is 6.54 Å². The van der Waals surface area contributed by atoms with Gasteiger partial charge < -0.3 is 20.0 Å². The largest absolute Gasteiger partial charge is 0.468 e. The predicted molar refractivity (Wildman–Crippen MR) is 123 cm³/mol. The number of nitrogens with one attached hydrogen (secondary N) is 2. The molecule has 0 amide bonds. The lowest BCUT2D eigenvalue weighted by Crippen LogP contribution is -2.42. The Kier molecular flexibility index (Phi) is 8.56. The van der Waals surface area contributed by atoms with E-state index in [9.17, 15) is 0 Å². The first-order chi connectivity index (χ1) is 14.7. The van der Waals surface area contributed by atoms with E-state index in [0.717, 1.165) is 62.4 Å². The average molecular weight is 413 g/mol. The van der Waals surface area contributed by atoms with Crippen LogP contribution in [0.1, 0.15) is 51.0 Å². The van der Waals surface area contributed by atoms with Gasteiger partial charge in [-0.2, -0.15) is 0 Å². The number of rotatable bonds is 10. The van der Waals surface area contributed by atoms with Crippen molar-refractivity contribution in [1.82, 2.24) is 20.5 Å². The van der Waals surface area contributed by atoms with Crippen molar-refractivity contribution in [3.8, 4) is 0 Å². The van der Waals surface area contributed by atoms with Gasteiger partial charge in [0.15, 0.2) is 5.96 Å². The molecule has 2 aromatic rings. The highest BCUT2D eigenvalue weighted by Gasteiger charge is 2.25. The maximum absolute atomic E-state index is 5.72. The molecule has 2 aromatic heterocycles. The molecule has 1 aliphatic rings. The Bertz CT molecular complexity index is 749. The molecular formula is C23H36N6O. The molecule has 7 heteroatoms. The summed E-state index contributed by atoms with van der Waals surface area (Å²) < 4.78 is 5.72. The second-order valence-electron chi connectivity index (χ2n) is 7.55. The molecule has 1 aliphatic heterocycles. The normalized spacial score (nSPS) is 15.9. The number of aliphatic imine (C=N–C) groups is 1. The molecule has 1 fully saturated rings. The summed E-state index contributed by atoms with van der Waals surface area (Å²) in [5.74, 6) is 2.85. The van der Waals surface area contributed by atoms with E-state index in [4.69, 9.17) is 9.41 Å². The van der Waals surface area contributed by atoms with Gasteiger partial charge in [0.25, 0.3) is 0 Å². The van der Waals surface area contributed by atoms with Gasteiger partial charge in [-0.15, -0.1) is 0 Å². The van der Waals surface area contributed by atoms with Crippen molar-refractivity contribution in [2.45, 2.75) is 46.2 Å². The van der Waals surface area contributed by atoms with E-state index >= 15 is 0 Å². The zero-order chi connectivity index (χ0) is 21.2. The highest BCUT2D eigenvalue weighted by molar-refractivity contribution is 5.79. The van der Waals surface area contributed by atoms with E-state index in [-0.39, 0.29) is 6.04 Å². The van der Waals surface area contributed by atoms with Gasteiger partial charge in [-0.1, -0.05) is 6.07 Å². The average Bonchev–Trinajstić information content (AvgIpc) is 3.49. The van der Waals surface area contributed by atoms with Crippen molar-refractivity contribution in [3.05, 3.63) is 48.0 Å². The summed E-state index contributed by atoms with van der Waals surface area (Å²) in [6.45, 7) is 12.7. The number of hydrogen-bond acceptors (Lipinski definition) is 5. The van der Waals surface area contributed by atoms with Crippen molar-refractivity contribution in [2.75, 3.05) is 44.2 Å². The van der Waals surface area contributed by atoms with Crippen molar-refractivity contribution < 1.29 is 4.42 Å². The monoisotopic (exact) mass is 412 g/mol. The topological polar surface area (TPSA) is 68.9 Å². The number of pyridine rings is 1. The van der Waals surface area contributed by atoms with Crippen LogP contribution >= 0.6 is 0 Å². The predicted octanol–water partition coefficient (Wildman–Crippen LogP) is 3.41. The van der Waals surface area contributed by atoms with Gasteiger partial charge in [0.05, 0.1) is 18.8 Å². The fraction of sp³-hybridized carbons (Fsp3) is 0.565. The van der Waals surface area contributed by atoms with Crippen LogP contribution in [0.25, 0.3) is 0 Å². The lowest BCUT2D eigenvalue weighted by molar-refractivity contribution is 0.215. The number of anilines is 1. The molecule has 30 heavy (non-hydrogen) atoms. The summed E-state index contributed by atoms with van der Waals surface area (Å²) in [6, 6.07) is 8.45. The molecule has 1 unspecified atom stereocenters. The molecule has 2 N–H and O–H groups in total. The zero-order valence-corrected chi connectivity index (χ0v) is 18.6. The number of nitrogens with zero attached hydrogens (tertiary/aromatic N) is 4. The maximum Gasteiger partial charge on any atom is 0.191 e. The molecule has 1 atom stereocenters. The molecule has 7 nitrogen and oxygen atoms in total. The van der Waals surface area contributed by atoms with Crippen LogP contribution in [-0.4, -0.2) is 55.1 Å². The number of furan rings is 1. The van der Waals surface area contributed by atoms with Crippen LogP contribution in [0.4, 0.5) is 5.82 Å². The third-order valence-corrected chi connectivity index (χ3v) is 5.58. The Balaban J connectivity index is 1.62. The van der Waals surface area contributed by atoms with Gasteiger partial charge in [0, 0.05) is 32.4 Å². The molecule has 164 valence electrons. The molecule has 0 saturated carbocycles. The minimum Gasteiger partial charge on any atom is -0.468 e. The van der Waals surface area contributed by atoms with Crippen LogP contribution < -0.4 is 15.5 Å². The minimum absolute atomic E-state index is 0.223. The fourth-order valence-electron chi connectivity index (χ4n) is 3.89. The second-order valence-corrected chi connectivity index (χ2v) is 7.55. The van der Waals surface area contributed by atoms with E-state index in [0.29, 0.717) is 6.54 Å². The molecular weight excluding hydrogens is 376 g/mol. The molecule has 3 rings (SSSR count). The molecule has 0 aromatic carbocycles. The molecule has 0 bridgehead atoms. The Morgan fingerprint density at radius 1 is 1.17 bits per heavy atom. The lowest BCUT2D eigenvalue weighted by atomic mass is 10.2. The standard InChI is InChI=1S/C23H36N6O/c1-4-24-23(26-17-19-11-12-22(25-16-19)28(5-2)6-3)27-18-20(21-10-9-15-30-21)29-13-7-8-14-29/h9-12,15-16,20H,4-8,13-14,17-18H2,1-3H3,(H2,24,26,27). The Morgan fingerprint density at radius 2 is 1.97 bits per heavy atom. The van der Waals surface area contributed by atoms with Crippen LogP contribution in [0.3, 0.4) is 0 Å². The quantitative estimate of drug-likeness (QED) is 0.460. The first-order valence-corrected chi connectivity index (χ1v) is 11.2. The zero-order valence-electron chi connectivity index (χ0n) is 18.6. The first kappa shape index (κ1) is 22.2. The van der Waals surface area contributed by atoms with Gasteiger partial charge >= 0.3 is 0 Å². The Hall–Kier alpha value is -2.54. The number of likely N-dealkylation sites (tertiary alicyclic amines) is 1. The van der Waals surface area contributed by atoms with Crippen molar-refractivity contribution in [1.29, 1.82) is 0 Å². The molecule has 1 saturated heterocycles. The van der Waals surface area contributed by atoms with Crippen LogP contribution in [0.5, 0.6) is 0 Å². The number of aromatic nitrogens is 1. The third kappa shape index (κ3) is 5.98. The van der Waals surface area contributed by atoms with E-state index in [1.54, 1.807) is 6.26 Å². The highest BCUT2D eigenvalue weighted by Crippen LogP contribution is 2.24. The van der Waals surface area contributed by atoms with Gasteiger partial charge in [-0.25, -0.2) is 9.98 Å². The van der Waals surface area contributed by atoms with Gasteiger partial charge in [-0.3, -0.25) is 4.90 Å². The summed E-state index contributed by atoms with van der Waals surface area (Å²) >= 11 is 0. The van der Waals surface area contributed by atoms with E-state index in [1.165, 1.54) is 12.8 Å². The molecule has 0 radical (unpaired) electrons. The lowest BCUT2D eigenvalue weighted by Gasteiger charge is -2.26. The van der Waals surface area contributed by atoms with E-state index < -0.39 is 0 Å².